The van der Waals surface area contributed by atoms with Gasteiger partial charge in [-0.05, 0) is 30.8 Å². The second kappa shape index (κ2) is 8.37. The summed E-state index contributed by atoms with van der Waals surface area (Å²) in [6.07, 6.45) is -4.27. The predicted octanol–water partition coefficient (Wildman–Crippen LogP) is 3.05. The number of rotatable bonds is 7. The van der Waals surface area contributed by atoms with E-state index in [0.717, 1.165) is 23.9 Å². The van der Waals surface area contributed by atoms with Gasteiger partial charge >= 0.3 is 6.18 Å². The number of nitro groups is 1. The van der Waals surface area contributed by atoms with Crippen molar-refractivity contribution >= 4 is 23.4 Å². The summed E-state index contributed by atoms with van der Waals surface area (Å²) in [6.45, 7) is 4.00. The Hall–Kier alpha value is -2.63. The number of carbonyl (C=O) groups is 1. The van der Waals surface area contributed by atoms with Crippen LogP contribution in [0.1, 0.15) is 25.2 Å². The van der Waals surface area contributed by atoms with E-state index < -0.39 is 22.4 Å². The number of aromatic nitrogens is 3. The lowest BCUT2D eigenvalue weighted by Gasteiger charge is -2.10. The molecule has 1 aromatic heterocycles. The fourth-order valence-electron chi connectivity index (χ4n) is 2.27. The van der Waals surface area contributed by atoms with Crippen LogP contribution >= 0.6 is 11.8 Å². The first-order valence-electron chi connectivity index (χ1n) is 7.83. The van der Waals surface area contributed by atoms with Gasteiger partial charge in [-0.2, -0.15) is 13.2 Å². The Labute approximate surface area is 156 Å². The molecule has 0 fully saturated rings. The van der Waals surface area contributed by atoms with E-state index in [4.69, 9.17) is 0 Å². The zero-order valence-corrected chi connectivity index (χ0v) is 15.2. The van der Waals surface area contributed by atoms with Crippen molar-refractivity contribution < 1.29 is 22.9 Å². The topological polar surface area (TPSA) is 103 Å². The second-order valence-corrected chi connectivity index (χ2v) is 6.42. The zero-order chi connectivity index (χ0) is 20.2. The van der Waals surface area contributed by atoms with Crippen LogP contribution in [0, 0.1) is 10.1 Å². The molecule has 0 spiro atoms. The molecular weight excluding hydrogens is 387 g/mol. The number of hydrogen-bond donors (Lipinski definition) is 1. The number of alkyl halides is 3. The molecule has 0 saturated heterocycles. The summed E-state index contributed by atoms with van der Waals surface area (Å²) in [5, 5.41) is 22.1. The quantitative estimate of drug-likeness (QED) is 0.563. The smallest absolute Gasteiger partial charge is 0.356 e. The molecule has 27 heavy (non-hydrogen) atoms. The van der Waals surface area contributed by atoms with Crippen molar-refractivity contribution in [3.63, 3.8) is 0 Å². The maximum Gasteiger partial charge on any atom is 0.416 e. The van der Waals surface area contributed by atoms with Crippen LogP contribution in [0.15, 0.2) is 28.3 Å². The van der Waals surface area contributed by atoms with Crippen LogP contribution in [0.2, 0.25) is 0 Å². The maximum atomic E-state index is 12.8. The Morgan fingerprint density at radius 1 is 1.37 bits per heavy atom. The molecule has 0 aliphatic rings. The lowest BCUT2D eigenvalue weighted by Crippen LogP contribution is -2.23. The third kappa shape index (κ3) is 5.18. The lowest BCUT2D eigenvalue weighted by molar-refractivity contribution is -0.388. The molecule has 1 aromatic carbocycles. The van der Waals surface area contributed by atoms with Crippen LogP contribution in [-0.2, 0) is 23.9 Å². The number of carbonyl (C=O) groups excluding carboxylic acids is 1. The van der Waals surface area contributed by atoms with Crippen molar-refractivity contribution in [3.8, 4) is 0 Å². The third-order valence-electron chi connectivity index (χ3n) is 3.52. The van der Waals surface area contributed by atoms with Crippen molar-refractivity contribution in [2.45, 2.75) is 43.0 Å². The summed E-state index contributed by atoms with van der Waals surface area (Å²) in [4.78, 5) is 21.3. The summed E-state index contributed by atoms with van der Waals surface area (Å²) in [5.74, 6) is 0.371. The van der Waals surface area contributed by atoms with E-state index in [1.54, 1.807) is 4.57 Å². The summed E-state index contributed by atoms with van der Waals surface area (Å²) >= 11 is 0.867. The van der Waals surface area contributed by atoms with Gasteiger partial charge in [-0.25, -0.2) is 0 Å². The molecule has 2 aromatic rings. The molecule has 0 aliphatic heterocycles. The molecule has 0 unspecified atom stereocenters. The van der Waals surface area contributed by atoms with Gasteiger partial charge < -0.3 is 9.88 Å². The Kier molecular flexibility index (Phi) is 6.41. The predicted molar refractivity (Wildman–Crippen MR) is 90.3 cm³/mol. The van der Waals surface area contributed by atoms with Crippen LogP contribution in [0.5, 0.6) is 0 Å². The Bertz CT molecular complexity index is 854. The molecule has 146 valence electrons. The average molecular weight is 403 g/mol. The molecule has 12 heteroatoms. The highest BCUT2D eigenvalue weighted by Crippen LogP contribution is 2.38. The molecule has 1 heterocycles. The Morgan fingerprint density at radius 2 is 2.07 bits per heavy atom. The first-order chi connectivity index (χ1) is 12.6. The molecule has 2 rings (SSSR count). The molecular formula is C15H16F3N5O3S. The molecule has 8 nitrogen and oxygen atoms in total. The fourth-order valence-corrected chi connectivity index (χ4v) is 3.27. The minimum Gasteiger partial charge on any atom is -0.356 e. The van der Waals surface area contributed by atoms with Gasteiger partial charge in [-0.15, -0.1) is 10.2 Å². The number of halogens is 3. The SMILES string of the molecule is CCn1c(CCNC(C)=O)nnc1Sc1ccc(C(F)(F)F)cc1[N+](=O)[O-]. The first-order valence-corrected chi connectivity index (χ1v) is 8.65. The Morgan fingerprint density at radius 3 is 2.63 bits per heavy atom. The minimum atomic E-state index is -4.67. The zero-order valence-electron chi connectivity index (χ0n) is 14.4. The minimum absolute atomic E-state index is 0.0310. The van der Waals surface area contributed by atoms with Gasteiger partial charge in [0.25, 0.3) is 5.69 Å². The van der Waals surface area contributed by atoms with Crippen LogP contribution in [-0.4, -0.2) is 32.1 Å². The molecule has 0 aliphatic carbocycles. The van der Waals surface area contributed by atoms with Gasteiger partial charge in [-0.3, -0.25) is 14.9 Å². The van der Waals surface area contributed by atoms with Crippen LogP contribution in [0.25, 0.3) is 0 Å². The monoisotopic (exact) mass is 403 g/mol. The highest BCUT2D eigenvalue weighted by molar-refractivity contribution is 7.99. The number of amides is 1. The summed E-state index contributed by atoms with van der Waals surface area (Å²) in [6, 6.07) is 2.35. The van der Waals surface area contributed by atoms with E-state index in [2.05, 4.69) is 15.5 Å². The normalized spacial score (nSPS) is 11.4. The standard InChI is InChI=1S/C15H16F3N5O3S/c1-3-22-13(6-7-19-9(2)24)20-21-14(22)27-12-5-4-10(15(16,17)18)8-11(12)23(25)26/h4-5,8H,3,6-7H2,1-2H3,(H,19,24). The fraction of sp³-hybridized carbons (Fsp3) is 0.400. The maximum absolute atomic E-state index is 12.8. The average Bonchev–Trinajstić information content (AvgIpc) is 2.95. The van der Waals surface area contributed by atoms with Crippen LogP contribution in [0.4, 0.5) is 18.9 Å². The molecule has 1 amide bonds. The number of benzene rings is 1. The van der Waals surface area contributed by atoms with Gasteiger partial charge in [0.05, 0.1) is 15.4 Å². The molecule has 0 saturated carbocycles. The van der Waals surface area contributed by atoms with E-state index in [-0.39, 0.29) is 10.8 Å². The summed E-state index contributed by atoms with van der Waals surface area (Å²) < 4.78 is 40.1. The molecule has 0 radical (unpaired) electrons. The number of nitro benzene ring substituents is 1. The van der Waals surface area contributed by atoms with Gasteiger partial charge in [0.15, 0.2) is 5.16 Å². The lowest BCUT2D eigenvalue weighted by atomic mass is 10.2. The van der Waals surface area contributed by atoms with E-state index in [9.17, 15) is 28.1 Å². The van der Waals surface area contributed by atoms with Crippen molar-refractivity contribution in [2.75, 3.05) is 6.54 Å². The van der Waals surface area contributed by atoms with Gasteiger partial charge in [-0.1, -0.05) is 0 Å². The number of hydrogen-bond acceptors (Lipinski definition) is 6. The van der Waals surface area contributed by atoms with Crippen molar-refractivity contribution in [2.24, 2.45) is 0 Å². The van der Waals surface area contributed by atoms with E-state index in [1.165, 1.54) is 6.92 Å². The summed E-state index contributed by atoms with van der Waals surface area (Å²) in [5.41, 5.74) is -1.74. The van der Waals surface area contributed by atoms with Gasteiger partial charge in [0, 0.05) is 32.5 Å². The third-order valence-corrected chi connectivity index (χ3v) is 4.57. The van der Waals surface area contributed by atoms with E-state index in [0.29, 0.717) is 36.6 Å². The van der Waals surface area contributed by atoms with E-state index in [1.807, 2.05) is 6.92 Å². The van der Waals surface area contributed by atoms with Crippen LogP contribution in [0.3, 0.4) is 0 Å². The Balaban J connectivity index is 2.30. The molecule has 0 bridgehead atoms. The molecule has 0 atom stereocenters. The highest BCUT2D eigenvalue weighted by atomic mass is 32.2. The highest BCUT2D eigenvalue weighted by Gasteiger charge is 2.33. The largest absolute Gasteiger partial charge is 0.416 e. The van der Waals surface area contributed by atoms with Gasteiger partial charge in [0.1, 0.15) is 5.82 Å². The second-order valence-electron chi connectivity index (χ2n) is 5.42. The molecule has 1 N–H and O–H groups in total. The van der Waals surface area contributed by atoms with Crippen molar-refractivity contribution in [3.05, 3.63) is 39.7 Å². The van der Waals surface area contributed by atoms with Crippen LogP contribution < -0.4 is 5.32 Å². The van der Waals surface area contributed by atoms with Gasteiger partial charge in [0.2, 0.25) is 5.91 Å². The van der Waals surface area contributed by atoms with Crippen molar-refractivity contribution in [1.82, 2.24) is 20.1 Å². The first kappa shape index (κ1) is 20.7. The van der Waals surface area contributed by atoms with E-state index >= 15 is 0 Å². The summed E-state index contributed by atoms with van der Waals surface area (Å²) in [7, 11) is 0. The number of nitrogens with one attached hydrogen (secondary N) is 1. The van der Waals surface area contributed by atoms with Crippen molar-refractivity contribution in [1.29, 1.82) is 0 Å². The number of nitrogens with zero attached hydrogens (tertiary/aromatic N) is 4.